The molecule has 26 heavy (non-hydrogen) atoms. The van der Waals surface area contributed by atoms with Gasteiger partial charge in [0.15, 0.2) is 6.10 Å². The van der Waals surface area contributed by atoms with E-state index in [-0.39, 0.29) is 18.8 Å². The van der Waals surface area contributed by atoms with Crippen LogP contribution in [-0.2, 0) is 6.42 Å². The van der Waals surface area contributed by atoms with Crippen LogP contribution in [0.1, 0.15) is 12.5 Å². The molecular formula is C15H16F7N3O. The summed E-state index contributed by atoms with van der Waals surface area (Å²) >= 11 is 0. The van der Waals surface area contributed by atoms with Crippen molar-refractivity contribution in [2.24, 2.45) is 10.7 Å². The van der Waals surface area contributed by atoms with Gasteiger partial charge in [-0.1, -0.05) is 6.07 Å². The van der Waals surface area contributed by atoms with Crippen LogP contribution in [0.15, 0.2) is 23.2 Å². The van der Waals surface area contributed by atoms with Gasteiger partial charge in [0.05, 0.1) is 6.54 Å². The number of ether oxygens (including phenoxy) is 1. The number of amidine groups is 1. The zero-order valence-corrected chi connectivity index (χ0v) is 13.5. The normalized spacial score (nSPS) is 18.2. The first-order chi connectivity index (χ1) is 11.8. The fourth-order valence-electron chi connectivity index (χ4n) is 2.18. The van der Waals surface area contributed by atoms with Gasteiger partial charge in [-0.05, 0) is 37.6 Å². The molecular weight excluding hydrogens is 371 g/mol. The minimum atomic E-state index is -6.33. The van der Waals surface area contributed by atoms with Crippen LogP contribution in [-0.4, -0.2) is 43.1 Å². The number of nitrogens with zero attached hydrogens (tertiary/aromatic N) is 1. The van der Waals surface area contributed by atoms with Gasteiger partial charge in [-0.15, -0.1) is 0 Å². The molecule has 0 aliphatic carbocycles. The van der Waals surface area contributed by atoms with E-state index in [9.17, 15) is 30.7 Å². The Balaban J connectivity index is 1.93. The van der Waals surface area contributed by atoms with Gasteiger partial charge in [-0.25, -0.2) is 4.99 Å². The van der Waals surface area contributed by atoms with Crippen molar-refractivity contribution in [2.75, 3.05) is 13.1 Å². The molecule has 0 saturated carbocycles. The second-order valence-corrected chi connectivity index (χ2v) is 5.80. The molecule has 1 aliphatic heterocycles. The molecule has 0 aromatic heterocycles. The summed E-state index contributed by atoms with van der Waals surface area (Å²) < 4.78 is 93.4. The van der Waals surface area contributed by atoms with Crippen molar-refractivity contribution in [3.8, 4) is 5.75 Å². The first-order valence-electron chi connectivity index (χ1n) is 7.52. The minimum Gasteiger partial charge on any atom is -0.481 e. The monoisotopic (exact) mass is 387 g/mol. The fourth-order valence-corrected chi connectivity index (χ4v) is 2.18. The van der Waals surface area contributed by atoms with E-state index < -0.39 is 30.7 Å². The summed E-state index contributed by atoms with van der Waals surface area (Å²) in [6.45, 7) is -0.342. The van der Waals surface area contributed by atoms with E-state index in [1.54, 1.807) is 25.1 Å². The van der Waals surface area contributed by atoms with E-state index in [1.165, 1.54) is 0 Å². The Morgan fingerprint density at radius 2 is 1.81 bits per heavy atom. The molecule has 3 N–H and O–H groups in total. The number of alkyl halides is 7. The molecule has 0 fully saturated rings. The highest BCUT2D eigenvalue weighted by Gasteiger charge is 2.72. The van der Waals surface area contributed by atoms with E-state index in [0.29, 0.717) is 17.0 Å². The van der Waals surface area contributed by atoms with Crippen LogP contribution in [0.5, 0.6) is 5.75 Å². The average Bonchev–Trinajstić information content (AvgIpc) is 2.51. The second-order valence-electron chi connectivity index (χ2n) is 5.80. The lowest BCUT2D eigenvalue weighted by Crippen LogP contribution is -2.56. The van der Waals surface area contributed by atoms with E-state index in [0.717, 1.165) is 0 Å². The molecule has 0 bridgehead atoms. The predicted molar refractivity (Wildman–Crippen MR) is 80.3 cm³/mol. The molecule has 1 aliphatic rings. The maximum absolute atomic E-state index is 13.1. The summed E-state index contributed by atoms with van der Waals surface area (Å²) in [7, 11) is 0. The molecule has 0 spiro atoms. The number of rotatable bonds is 6. The number of hydrogen-bond donors (Lipinski definition) is 2. The van der Waals surface area contributed by atoms with Gasteiger partial charge < -0.3 is 15.8 Å². The van der Waals surface area contributed by atoms with Crippen LogP contribution >= 0.6 is 0 Å². The third-order valence-corrected chi connectivity index (χ3v) is 3.75. The summed E-state index contributed by atoms with van der Waals surface area (Å²) in [6, 6.07) is 4.76. The quantitative estimate of drug-likeness (QED) is 0.581. The molecule has 0 saturated heterocycles. The first kappa shape index (κ1) is 20.3. The van der Waals surface area contributed by atoms with Crippen LogP contribution in [0, 0.1) is 0 Å². The Kier molecular flexibility index (Phi) is 5.41. The van der Waals surface area contributed by atoms with Gasteiger partial charge >= 0.3 is 18.0 Å². The zero-order valence-electron chi connectivity index (χ0n) is 13.5. The summed E-state index contributed by atoms with van der Waals surface area (Å²) in [6.07, 6.45) is -6.62. The molecule has 11 heteroatoms. The van der Waals surface area contributed by atoms with E-state index in [4.69, 9.17) is 10.5 Å². The van der Waals surface area contributed by atoms with E-state index in [1.807, 2.05) is 5.32 Å². The van der Waals surface area contributed by atoms with E-state index in [2.05, 4.69) is 4.99 Å². The van der Waals surface area contributed by atoms with Crippen molar-refractivity contribution in [1.82, 2.24) is 5.32 Å². The number of hydrogen-bond acceptors (Lipinski definition) is 4. The highest BCUT2D eigenvalue weighted by molar-refractivity contribution is 5.89. The summed E-state index contributed by atoms with van der Waals surface area (Å²) in [5, 5.41) is 1.93. The standard InChI is InChI=1S/C15H16F7N3O/c1-8-12(23)25-10-6-9(2-3-11(10)26-8)4-5-24-7-13(16,17)14(18,19)15(20,21)22/h2-3,6,8,24H,4-5,7H2,1H3,(H2,23,25)/t8-/m1/s1. The Morgan fingerprint density at radius 1 is 1.15 bits per heavy atom. The number of nitrogens with two attached hydrogens (primary N) is 1. The maximum atomic E-state index is 13.1. The van der Waals surface area contributed by atoms with Crippen molar-refractivity contribution in [3.05, 3.63) is 23.8 Å². The van der Waals surface area contributed by atoms with Crippen LogP contribution in [0.25, 0.3) is 0 Å². The Bertz CT molecular complexity index is 688. The van der Waals surface area contributed by atoms with Crippen molar-refractivity contribution < 1.29 is 35.5 Å². The van der Waals surface area contributed by atoms with Gasteiger partial charge in [0.1, 0.15) is 17.3 Å². The Hall–Kier alpha value is -2.04. The molecule has 1 atom stereocenters. The van der Waals surface area contributed by atoms with Gasteiger partial charge in [0.2, 0.25) is 0 Å². The maximum Gasteiger partial charge on any atom is 0.459 e. The van der Waals surface area contributed by atoms with Crippen molar-refractivity contribution in [3.63, 3.8) is 0 Å². The van der Waals surface area contributed by atoms with Crippen molar-refractivity contribution in [1.29, 1.82) is 0 Å². The third-order valence-electron chi connectivity index (χ3n) is 3.75. The summed E-state index contributed by atoms with van der Waals surface area (Å²) in [5.74, 6) is -10.6. The summed E-state index contributed by atoms with van der Waals surface area (Å²) in [5.41, 5.74) is 6.67. The fraction of sp³-hybridized carbons (Fsp3) is 0.533. The van der Waals surface area contributed by atoms with Crippen LogP contribution in [0.4, 0.5) is 36.4 Å². The van der Waals surface area contributed by atoms with Gasteiger partial charge in [0, 0.05) is 0 Å². The topological polar surface area (TPSA) is 59.6 Å². The number of fused-ring (bicyclic) bond motifs is 1. The Morgan fingerprint density at radius 3 is 2.42 bits per heavy atom. The molecule has 1 heterocycles. The van der Waals surface area contributed by atoms with Gasteiger partial charge in [-0.2, -0.15) is 30.7 Å². The van der Waals surface area contributed by atoms with Gasteiger partial charge in [-0.3, -0.25) is 0 Å². The summed E-state index contributed by atoms with van der Waals surface area (Å²) in [4.78, 5) is 4.12. The molecule has 0 unspecified atom stereocenters. The molecule has 0 amide bonds. The van der Waals surface area contributed by atoms with Crippen LogP contribution in [0.2, 0.25) is 0 Å². The Labute approximate surface area is 144 Å². The highest BCUT2D eigenvalue weighted by atomic mass is 19.4. The molecule has 2 rings (SSSR count). The first-order valence-corrected chi connectivity index (χ1v) is 7.52. The molecule has 146 valence electrons. The lowest BCUT2D eigenvalue weighted by Gasteiger charge is -2.28. The third kappa shape index (κ3) is 4.02. The van der Waals surface area contributed by atoms with E-state index >= 15 is 0 Å². The van der Waals surface area contributed by atoms with Gasteiger partial charge in [0.25, 0.3) is 0 Å². The number of benzene rings is 1. The number of aliphatic imine (C=N–C) groups is 1. The van der Waals surface area contributed by atoms with Crippen molar-refractivity contribution >= 4 is 11.5 Å². The lowest BCUT2D eigenvalue weighted by atomic mass is 10.1. The largest absolute Gasteiger partial charge is 0.481 e. The number of nitrogens with one attached hydrogen (secondary N) is 1. The molecule has 1 aromatic rings. The van der Waals surface area contributed by atoms with Crippen LogP contribution in [0.3, 0.4) is 0 Å². The molecule has 1 aromatic carbocycles. The zero-order chi connectivity index (χ0) is 19.8. The minimum absolute atomic E-state index is 0.103. The predicted octanol–water partition coefficient (Wildman–Crippen LogP) is 3.42. The average molecular weight is 387 g/mol. The van der Waals surface area contributed by atoms with Crippen LogP contribution < -0.4 is 15.8 Å². The smallest absolute Gasteiger partial charge is 0.459 e. The SMILES string of the molecule is C[C@H]1Oc2ccc(CCNCC(F)(F)C(F)(F)C(F)(F)F)cc2N=C1N. The van der Waals surface area contributed by atoms with Crippen molar-refractivity contribution in [2.45, 2.75) is 37.5 Å². The lowest BCUT2D eigenvalue weighted by molar-refractivity contribution is -0.352. The highest BCUT2D eigenvalue weighted by Crippen LogP contribution is 2.46. The number of halogens is 7. The molecule has 0 radical (unpaired) electrons. The second kappa shape index (κ2) is 6.93. The molecule has 4 nitrogen and oxygen atoms in total.